The highest BCUT2D eigenvalue weighted by molar-refractivity contribution is 6.11. The monoisotopic (exact) mass is 342 g/mol. The number of anilines is 1. The minimum Gasteiger partial charge on any atom is -0.478 e. The molecule has 0 aliphatic carbocycles. The summed E-state index contributed by atoms with van der Waals surface area (Å²) in [5.41, 5.74) is 0.725. The van der Waals surface area contributed by atoms with E-state index in [0.717, 1.165) is 0 Å². The van der Waals surface area contributed by atoms with E-state index in [9.17, 15) is 14.4 Å². The Balaban J connectivity index is 2.13. The molecular formula is C18H18N2O5. The Kier molecular flexibility index (Phi) is 6.25. The van der Waals surface area contributed by atoms with E-state index in [2.05, 4.69) is 10.6 Å². The van der Waals surface area contributed by atoms with Gasteiger partial charge in [0.1, 0.15) is 0 Å². The fourth-order valence-electron chi connectivity index (χ4n) is 2.17. The Morgan fingerprint density at radius 1 is 1.00 bits per heavy atom. The summed E-state index contributed by atoms with van der Waals surface area (Å²) in [5.74, 6) is -2.04. The van der Waals surface area contributed by atoms with Crippen molar-refractivity contribution in [1.29, 1.82) is 0 Å². The van der Waals surface area contributed by atoms with Crippen LogP contribution in [0.25, 0.3) is 0 Å². The minimum atomic E-state index is -1.18. The lowest BCUT2D eigenvalue weighted by Crippen LogP contribution is -2.27. The van der Waals surface area contributed by atoms with E-state index in [0.29, 0.717) is 24.4 Å². The summed E-state index contributed by atoms with van der Waals surface area (Å²) in [6, 6.07) is 12.3. The maximum atomic E-state index is 12.3. The van der Waals surface area contributed by atoms with E-state index >= 15 is 0 Å². The van der Waals surface area contributed by atoms with Crippen LogP contribution in [0.4, 0.5) is 5.69 Å². The average Bonchev–Trinajstić information content (AvgIpc) is 2.62. The van der Waals surface area contributed by atoms with Crippen LogP contribution in [0, 0.1) is 0 Å². The Labute approximate surface area is 144 Å². The molecule has 2 amide bonds. The molecule has 0 aliphatic heterocycles. The lowest BCUT2D eigenvalue weighted by molar-refractivity contribution is 0.0692. The molecule has 0 bridgehead atoms. The van der Waals surface area contributed by atoms with Crippen LogP contribution in [0.1, 0.15) is 31.1 Å². The SMILES string of the molecule is COCCNC(=O)c1cccc(NC(=O)c2ccccc2C(=O)O)c1. The van der Waals surface area contributed by atoms with Gasteiger partial charge in [-0.15, -0.1) is 0 Å². The second-order valence-corrected chi connectivity index (χ2v) is 5.13. The van der Waals surface area contributed by atoms with E-state index < -0.39 is 11.9 Å². The van der Waals surface area contributed by atoms with Gasteiger partial charge in [-0.2, -0.15) is 0 Å². The second-order valence-electron chi connectivity index (χ2n) is 5.13. The molecule has 2 aromatic rings. The Morgan fingerprint density at radius 3 is 2.40 bits per heavy atom. The van der Waals surface area contributed by atoms with E-state index in [1.807, 2.05) is 0 Å². The molecule has 0 aliphatic rings. The lowest BCUT2D eigenvalue weighted by atomic mass is 10.1. The molecule has 25 heavy (non-hydrogen) atoms. The summed E-state index contributed by atoms with van der Waals surface area (Å²) >= 11 is 0. The van der Waals surface area contributed by atoms with Crippen molar-refractivity contribution in [3.63, 3.8) is 0 Å². The predicted octanol–water partition coefficient (Wildman–Crippen LogP) is 2.01. The molecule has 3 N–H and O–H groups in total. The Morgan fingerprint density at radius 2 is 1.72 bits per heavy atom. The van der Waals surface area contributed by atoms with Gasteiger partial charge in [0.2, 0.25) is 0 Å². The first-order valence-electron chi connectivity index (χ1n) is 7.54. The maximum Gasteiger partial charge on any atom is 0.336 e. The molecule has 2 aromatic carbocycles. The summed E-state index contributed by atoms with van der Waals surface area (Å²) in [4.78, 5) is 35.6. The molecular weight excluding hydrogens is 324 g/mol. The minimum absolute atomic E-state index is 0.0462. The summed E-state index contributed by atoms with van der Waals surface area (Å²) in [6.07, 6.45) is 0. The molecule has 0 fully saturated rings. The molecule has 0 saturated carbocycles. The molecule has 0 unspecified atom stereocenters. The topological polar surface area (TPSA) is 105 Å². The number of aromatic carboxylic acids is 1. The van der Waals surface area contributed by atoms with Crippen LogP contribution in [0.5, 0.6) is 0 Å². The van der Waals surface area contributed by atoms with Gasteiger partial charge in [0.25, 0.3) is 11.8 Å². The van der Waals surface area contributed by atoms with Crippen LogP contribution in [0.3, 0.4) is 0 Å². The standard InChI is InChI=1S/C18H18N2O5/c1-25-10-9-19-16(21)12-5-4-6-13(11-12)20-17(22)14-7-2-3-8-15(14)18(23)24/h2-8,11H,9-10H2,1H3,(H,19,21)(H,20,22)(H,23,24). The van der Waals surface area contributed by atoms with Crippen molar-refractivity contribution in [2.45, 2.75) is 0 Å². The van der Waals surface area contributed by atoms with Gasteiger partial charge in [0.05, 0.1) is 17.7 Å². The van der Waals surface area contributed by atoms with Crippen LogP contribution in [0.15, 0.2) is 48.5 Å². The van der Waals surface area contributed by atoms with Crippen LogP contribution < -0.4 is 10.6 Å². The number of benzene rings is 2. The number of amides is 2. The quantitative estimate of drug-likeness (QED) is 0.668. The number of hydrogen-bond acceptors (Lipinski definition) is 4. The number of ether oxygens (including phenoxy) is 1. The van der Waals surface area contributed by atoms with Gasteiger partial charge in [-0.05, 0) is 30.3 Å². The highest BCUT2D eigenvalue weighted by Gasteiger charge is 2.16. The predicted molar refractivity (Wildman–Crippen MR) is 92.0 cm³/mol. The Bertz CT molecular complexity index is 789. The third kappa shape index (κ3) is 4.89. The van der Waals surface area contributed by atoms with Gasteiger partial charge in [-0.25, -0.2) is 4.79 Å². The van der Waals surface area contributed by atoms with Crippen molar-refractivity contribution in [3.05, 3.63) is 65.2 Å². The van der Waals surface area contributed by atoms with Gasteiger partial charge in [0, 0.05) is 24.9 Å². The van der Waals surface area contributed by atoms with Crippen LogP contribution in [-0.2, 0) is 4.74 Å². The number of methoxy groups -OCH3 is 1. The molecule has 7 heteroatoms. The largest absolute Gasteiger partial charge is 0.478 e. The number of rotatable bonds is 7. The zero-order valence-corrected chi connectivity index (χ0v) is 13.6. The molecule has 0 aromatic heterocycles. The number of carboxylic acids is 1. The molecule has 0 heterocycles. The van der Waals surface area contributed by atoms with Crippen molar-refractivity contribution in [2.24, 2.45) is 0 Å². The molecule has 7 nitrogen and oxygen atoms in total. The number of carbonyl (C=O) groups is 3. The van der Waals surface area contributed by atoms with Gasteiger partial charge in [0.15, 0.2) is 0 Å². The third-order valence-electron chi connectivity index (χ3n) is 3.38. The first kappa shape index (κ1) is 18.2. The molecule has 130 valence electrons. The van der Waals surface area contributed by atoms with Gasteiger partial charge < -0.3 is 20.5 Å². The van der Waals surface area contributed by atoms with Crippen molar-refractivity contribution in [3.8, 4) is 0 Å². The maximum absolute atomic E-state index is 12.3. The average molecular weight is 342 g/mol. The number of hydrogen-bond donors (Lipinski definition) is 3. The van der Waals surface area contributed by atoms with Gasteiger partial charge >= 0.3 is 5.97 Å². The van der Waals surface area contributed by atoms with Crippen molar-refractivity contribution in [2.75, 3.05) is 25.6 Å². The number of carboxylic acid groups (broad SMARTS) is 1. The first-order chi connectivity index (χ1) is 12.0. The summed E-state index contributed by atoms with van der Waals surface area (Å²) in [6.45, 7) is 0.770. The zero-order chi connectivity index (χ0) is 18.2. The highest BCUT2D eigenvalue weighted by Crippen LogP contribution is 2.15. The molecule has 0 spiro atoms. The molecule has 0 atom stereocenters. The van der Waals surface area contributed by atoms with Gasteiger partial charge in [-0.3, -0.25) is 9.59 Å². The molecule has 0 saturated heterocycles. The second kappa shape index (κ2) is 8.60. The zero-order valence-electron chi connectivity index (χ0n) is 13.6. The van der Waals surface area contributed by atoms with Crippen molar-refractivity contribution < 1.29 is 24.2 Å². The first-order valence-corrected chi connectivity index (χ1v) is 7.54. The fourth-order valence-corrected chi connectivity index (χ4v) is 2.17. The number of carbonyl (C=O) groups excluding carboxylic acids is 2. The summed E-state index contributed by atoms with van der Waals surface area (Å²) in [5, 5.41) is 14.4. The third-order valence-corrected chi connectivity index (χ3v) is 3.38. The lowest BCUT2D eigenvalue weighted by Gasteiger charge is -2.09. The number of nitrogens with one attached hydrogen (secondary N) is 2. The molecule has 0 radical (unpaired) electrons. The smallest absolute Gasteiger partial charge is 0.336 e. The summed E-state index contributed by atoms with van der Waals surface area (Å²) < 4.78 is 4.86. The van der Waals surface area contributed by atoms with E-state index in [4.69, 9.17) is 9.84 Å². The van der Waals surface area contributed by atoms with Gasteiger partial charge in [-0.1, -0.05) is 18.2 Å². The van der Waals surface area contributed by atoms with Crippen molar-refractivity contribution >= 4 is 23.5 Å². The van der Waals surface area contributed by atoms with Crippen LogP contribution >= 0.6 is 0 Å². The van der Waals surface area contributed by atoms with E-state index in [1.165, 1.54) is 25.3 Å². The normalized spacial score (nSPS) is 10.1. The van der Waals surface area contributed by atoms with Crippen LogP contribution in [-0.4, -0.2) is 43.2 Å². The molecule has 2 rings (SSSR count). The van der Waals surface area contributed by atoms with Crippen molar-refractivity contribution in [1.82, 2.24) is 5.32 Å². The highest BCUT2D eigenvalue weighted by atomic mass is 16.5. The van der Waals surface area contributed by atoms with E-state index in [1.54, 1.807) is 30.3 Å². The van der Waals surface area contributed by atoms with E-state index in [-0.39, 0.29) is 17.0 Å². The fraction of sp³-hybridized carbons (Fsp3) is 0.167. The Hall–Kier alpha value is -3.19. The van der Waals surface area contributed by atoms with Crippen LogP contribution in [0.2, 0.25) is 0 Å². The summed E-state index contributed by atoms with van der Waals surface area (Å²) in [7, 11) is 1.54.